The number of amides is 1. The van der Waals surface area contributed by atoms with Crippen LogP contribution in [0.5, 0.6) is 0 Å². The molecule has 1 N–H and O–H groups in total. The molecule has 0 bridgehead atoms. The second-order valence-corrected chi connectivity index (χ2v) is 5.34. The molecule has 0 aliphatic heterocycles. The topological polar surface area (TPSA) is 29.1 Å². The standard InChI is InChI=1S/C11H13ClINO/c1-6(2)14-11(15)9-4-8(13)5-10(12)7(9)3/h4-6H,1-3H3,(H,14,15). The maximum absolute atomic E-state index is 11.8. The first-order valence-corrected chi connectivity index (χ1v) is 6.14. The van der Waals surface area contributed by atoms with E-state index in [1.165, 1.54) is 0 Å². The van der Waals surface area contributed by atoms with Gasteiger partial charge in [0.2, 0.25) is 0 Å². The molecule has 82 valence electrons. The van der Waals surface area contributed by atoms with Gasteiger partial charge in [-0.05, 0) is 61.1 Å². The van der Waals surface area contributed by atoms with E-state index in [1.807, 2.05) is 32.9 Å². The minimum absolute atomic E-state index is 0.0667. The molecule has 1 aromatic carbocycles. The van der Waals surface area contributed by atoms with E-state index in [4.69, 9.17) is 11.6 Å². The molecule has 0 heterocycles. The van der Waals surface area contributed by atoms with Gasteiger partial charge >= 0.3 is 0 Å². The van der Waals surface area contributed by atoms with Crippen molar-refractivity contribution in [1.29, 1.82) is 0 Å². The number of carbonyl (C=O) groups excluding carboxylic acids is 1. The van der Waals surface area contributed by atoms with Gasteiger partial charge in [-0.15, -0.1) is 0 Å². The largest absolute Gasteiger partial charge is 0.350 e. The van der Waals surface area contributed by atoms with Crippen LogP contribution in [0.1, 0.15) is 29.8 Å². The van der Waals surface area contributed by atoms with Gasteiger partial charge in [0.25, 0.3) is 5.91 Å². The first-order chi connectivity index (χ1) is 6.91. The van der Waals surface area contributed by atoms with E-state index in [-0.39, 0.29) is 11.9 Å². The highest BCUT2D eigenvalue weighted by molar-refractivity contribution is 14.1. The van der Waals surface area contributed by atoms with Gasteiger partial charge < -0.3 is 5.32 Å². The summed E-state index contributed by atoms with van der Waals surface area (Å²) in [5, 5.41) is 3.49. The zero-order chi connectivity index (χ0) is 11.6. The number of rotatable bonds is 2. The van der Waals surface area contributed by atoms with Crippen LogP contribution in [0.25, 0.3) is 0 Å². The number of hydrogen-bond donors (Lipinski definition) is 1. The van der Waals surface area contributed by atoms with Gasteiger partial charge in [-0.2, -0.15) is 0 Å². The minimum Gasteiger partial charge on any atom is -0.350 e. The van der Waals surface area contributed by atoms with Gasteiger partial charge in [-0.1, -0.05) is 11.6 Å². The lowest BCUT2D eigenvalue weighted by Crippen LogP contribution is -2.30. The van der Waals surface area contributed by atoms with Crippen LogP contribution in [0.2, 0.25) is 5.02 Å². The van der Waals surface area contributed by atoms with Crippen molar-refractivity contribution < 1.29 is 4.79 Å². The van der Waals surface area contributed by atoms with Crippen LogP contribution in [0.15, 0.2) is 12.1 Å². The highest BCUT2D eigenvalue weighted by Gasteiger charge is 2.12. The Morgan fingerprint density at radius 1 is 1.47 bits per heavy atom. The number of nitrogens with one attached hydrogen (secondary N) is 1. The molecular formula is C11H13ClINO. The molecule has 0 atom stereocenters. The first kappa shape index (κ1) is 12.8. The van der Waals surface area contributed by atoms with Crippen molar-refractivity contribution in [3.8, 4) is 0 Å². The van der Waals surface area contributed by atoms with Crippen molar-refractivity contribution in [2.24, 2.45) is 0 Å². The van der Waals surface area contributed by atoms with Crippen LogP contribution >= 0.6 is 34.2 Å². The molecule has 15 heavy (non-hydrogen) atoms. The van der Waals surface area contributed by atoms with Gasteiger partial charge in [0, 0.05) is 20.2 Å². The van der Waals surface area contributed by atoms with Gasteiger partial charge in [-0.25, -0.2) is 0 Å². The van der Waals surface area contributed by atoms with Crippen LogP contribution in [0, 0.1) is 10.5 Å². The summed E-state index contributed by atoms with van der Waals surface area (Å²) >= 11 is 8.17. The summed E-state index contributed by atoms with van der Waals surface area (Å²) in [6.07, 6.45) is 0. The average molecular weight is 338 g/mol. The normalized spacial score (nSPS) is 10.5. The molecule has 0 aromatic heterocycles. The zero-order valence-corrected chi connectivity index (χ0v) is 11.8. The first-order valence-electron chi connectivity index (χ1n) is 4.68. The summed E-state index contributed by atoms with van der Waals surface area (Å²) < 4.78 is 0.970. The summed E-state index contributed by atoms with van der Waals surface area (Å²) in [7, 11) is 0. The van der Waals surface area contributed by atoms with Crippen LogP contribution in [-0.4, -0.2) is 11.9 Å². The Bertz CT molecular complexity index is 390. The number of benzene rings is 1. The predicted octanol–water partition coefficient (Wildman–Crippen LogP) is 3.39. The third-order valence-electron chi connectivity index (χ3n) is 1.97. The van der Waals surface area contributed by atoms with Gasteiger partial charge in [0.15, 0.2) is 0 Å². The molecule has 1 aromatic rings. The second-order valence-electron chi connectivity index (χ2n) is 3.69. The van der Waals surface area contributed by atoms with Crippen LogP contribution < -0.4 is 5.32 Å². The Morgan fingerprint density at radius 2 is 2.07 bits per heavy atom. The van der Waals surface area contributed by atoms with E-state index in [0.717, 1.165) is 9.13 Å². The van der Waals surface area contributed by atoms with E-state index in [9.17, 15) is 4.79 Å². The van der Waals surface area contributed by atoms with E-state index in [0.29, 0.717) is 10.6 Å². The van der Waals surface area contributed by atoms with Crippen molar-refractivity contribution >= 4 is 40.1 Å². The third-order valence-corrected chi connectivity index (χ3v) is 2.99. The molecule has 1 rings (SSSR count). The van der Waals surface area contributed by atoms with E-state index in [2.05, 4.69) is 27.9 Å². The summed E-state index contributed by atoms with van der Waals surface area (Å²) in [5.74, 6) is -0.0667. The van der Waals surface area contributed by atoms with E-state index < -0.39 is 0 Å². The van der Waals surface area contributed by atoms with E-state index in [1.54, 1.807) is 0 Å². The number of halogens is 2. The molecule has 0 fully saturated rings. The molecule has 0 saturated carbocycles. The number of hydrogen-bond acceptors (Lipinski definition) is 1. The molecule has 4 heteroatoms. The lowest BCUT2D eigenvalue weighted by Gasteiger charge is -2.11. The maximum Gasteiger partial charge on any atom is 0.251 e. The summed E-state index contributed by atoms with van der Waals surface area (Å²) in [4.78, 5) is 11.8. The van der Waals surface area contributed by atoms with E-state index >= 15 is 0 Å². The highest BCUT2D eigenvalue weighted by atomic mass is 127. The van der Waals surface area contributed by atoms with Gasteiger partial charge in [0.05, 0.1) is 0 Å². The molecule has 0 radical (unpaired) electrons. The van der Waals surface area contributed by atoms with Crippen LogP contribution in [0.3, 0.4) is 0 Å². The van der Waals surface area contributed by atoms with Crippen molar-refractivity contribution in [2.45, 2.75) is 26.8 Å². The third kappa shape index (κ3) is 3.34. The predicted molar refractivity (Wildman–Crippen MR) is 71.5 cm³/mol. The fourth-order valence-corrected chi connectivity index (χ4v) is 2.25. The fourth-order valence-electron chi connectivity index (χ4n) is 1.22. The smallest absolute Gasteiger partial charge is 0.251 e. The summed E-state index contributed by atoms with van der Waals surface area (Å²) in [6, 6.07) is 3.83. The van der Waals surface area contributed by atoms with Crippen molar-refractivity contribution in [1.82, 2.24) is 5.32 Å². The maximum atomic E-state index is 11.8. The molecule has 0 aliphatic carbocycles. The van der Waals surface area contributed by atoms with Crippen LogP contribution in [0.4, 0.5) is 0 Å². The quantitative estimate of drug-likeness (QED) is 0.824. The molecule has 0 saturated heterocycles. The minimum atomic E-state index is -0.0667. The second kappa shape index (κ2) is 5.16. The Balaban J connectivity index is 3.08. The van der Waals surface area contributed by atoms with Crippen molar-refractivity contribution in [2.75, 3.05) is 0 Å². The monoisotopic (exact) mass is 337 g/mol. The molecule has 0 spiro atoms. The Kier molecular flexibility index (Phi) is 4.40. The Labute approximate surface area is 109 Å². The molecule has 0 aliphatic rings. The lowest BCUT2D eigenvalue weighted by atomic mass is 10.1. The Hall–Kier alpha value is -0.290. The van der Waals surface area contributed by atoms with Crippen molar-refractivity contribution in [3.05, 3.63) is 31.9 Å². The summed E-state index contributed by atoms with van der Waals surface area (Å²) in [6.45, 7) is 5.72. The highest BCUT2D eigenvalue weighted by Crippen LogP contribution is 2.22. The van der Waals surface area contributed by atoms with Crippen molar-refractivity contribution in [3.63, 3.8) is 0 Å². The fraction of sp³-hybridized carbons (Fsp3) is 0.364. The Morgan fingerprint density at radius 3 is 2.60 bits per heavy atom. The average Bonchev–Trinajstić information content (AvgIpc) is 2.09. The SMILES string of the molecule is Cc1c(Cl)cc(I)cc1C(=O)NC(C)C. The molecule has 2 nitrogen and oxygen atoms in total. The van der Waals surface area contributed by atoms with Gasteiger partial charge in [-0.3, -0.25) is 4.79 Å². The van der Waals surface area contributed by atoms with Crippen LogP contribution in [-0.2, 0) is 0 Å². The summed E-state index contributed by atoms with van der Waals surface area (Å²) in [5.41, 5.74) is 1.48. The number of carbonyl (C=O) groups is 1. The molecule has 0 unspecified atom stereocenters. The zero-order valence-electron chi connectivity index (χ0n) is 8.90. The van der Waals surface area contributed by atoms with Gasteiger partial charge in [0.1, 0.15) is 0 Å². The lowest BCUT2D eigenvalue weighted by molar-refractivity contribution is 0.0942. The molecular weight excluding hydrogens is 324 g/mol. The molecule has 1 amide bonds.